The highest BCUT2D eigenvalue weighted by molar-refractivity contribution is 5.78. The van der Waals surface area contributed by atoms with Gasteiger partial charge in [-0.1, -0.05) is 47.9 Å². The zero-order valence-electron chi connectivity index (χ0n) is 21.3. The third kappa shape index (κ3) is 9.81. The first kappa shape index (κ1) is 29.1. The molecule has 4 N–H and O–H groups in total. The van der Waals surface area contributed by atoms with Gasteiger partial charge in [-0.3, -0.25) is 9.59 Å². The van der Waals surface area contributed by atoms with Gasteiger partial charge >= 0.3 is 17.9 Å². The van der Waals surface area contributed by atoms with E-state index in [1.165, 1.54) is 0 Å². The lowest BCUT2D eigenvalue weighted by molar-refractivity contribution is -0.156. The van der Waals surface area contributed by atoms with E-state index >= 15 is 0 Å². The van der Waals surface area contributed by atoms with E-state index in [0.29, 0.717) is 27.8 Å². The summed E-state index contributed by atoms with van der Waals surface area (Å²) < 4.78 is 10.5. The molecule has 0 radical (unpaired) electrons. The fourth-order valence-electron chi connectivity index (χ4n) is 3.20. The summed E-state index contributed by atoms with van der Waals surface area (Å²) >= 11 is 0. The maximum atomic E-state index is 12.3. The second-order valence-electron chi connectivity index (χ2n) is 9.26. The summed E-state index contributed by atoms with van der Waals surface area (Å²) in [5.41, 5.74) is 8.04. The quantitative estimate of drug-likeness (QED) is 0.386. The minimum atomic E-state index is -0.990. The summed E-state index contributed by atoms with van der Waals surface area (Å²) in [5.74, 6) is 8.04. The smallest absolute Gasteiger partial charge is 0.328 e. The zero-order chi connectivity index (χ0) is 27.6. The predicted octanol–water partition coefficient (Wildman–Crippen LogP) is 2.70. The van der Waals surface area contributed by atoms with Crippen molar-refractivity contribution in [3.63, 3.8) is 0 Å². The van der Waals surface area contributed by atoms with Crippen LogP contribution in [0, 0.1) is 23.7 Å². The Morgan fingerprint density at radius 1 is 1.00 bits per heavy atom. The summed E-state index contributed by atoms with van der Waals surface area (Å²) in [6.07, 6.45) is -0.0386. The van der Waals surface area contributed by atoms with Crippen LogP contribution in [0.5, 0.6) is 0 Å². The van der Waals surface area contributed by atoms with E-state index in [2.05, 4.69) is 23.7 Å². The highest BCUT2D eigenvalue weighted by atomic mass is 16.6. The highest BCUT2D eigenvalue weighted by Gasteiger charge is 2.23. The number of aliphatic hydroxyl groups excluding tert-OH is 1. The second-order valence-corrected chi connectivity index (χ2v) is 9.26. The number of hydrogen-bond acceptors (Lipinski definition) is 7. The predicted molar refractivity (Wildman–Crippen MR) is 137 cm³/mol. The topological polar surface area (TPSA) is 136 Å². The van der Waals surface area contributed by atoms with Crippen LogP contribution in [0.25, 0.3) is 0 Å². The van der Waals surface area contributed by atoms with Crippen LogP contribution in [0.2, 0.25) is 0 Å². The van der Waals surface area contributed by atoms with E-state index < -0.39 is 35.5 Å². The number of aliphatic carboxylic acids is 1. The van der Waals surface area contributed by atoms with Crippen molar-refractivity contribution in [2.24, 2.45) is 5.73 Å². The molecule has 0 aliphatic carbocycles. The molecule has 0 saturated carbocycles. The maximum absolute atomic E-state index is 12.3. The number of esters is 2. The van der Waals surface area contributed by atoms with Crippen LogP contribution in [0.3, 0.4) is 0 Å². The van der Waals surface area contributed by atoms with Crippen molar-refractivity contribution in [1.29, 1.82) is 0 Å². The molecule has 8 heteroatoms. The molecule has 2 unspecified atom stereocenters. The summed E-state index contributed by atoms with van der Waals surface area (Å²) in [5, 5.41) is 18.2. The average Bonchev–Trinajstić information content (AvgIpc) is 2.83. The Kier molecular flexibility index (Phi) is 10.4. The molecule has 0 spiro atoms. The van der Waals surface area contributed by atoms with Gasteiger partial charge in [0.1, 0.15) is 18.2 Å². The van der Waals surface area contributed by atoms with E-state index in [4.69, 9.17) is 20.3 Å². The van der Waals surface area contributed by atoms with Crippen molar-refractivity contribution in [3.8, 4) is 23.7 Å². The van der Waals surface area contributed by atoms with Gasteiger partial charge in [0.15, 0.2) is 6.61 Å². The van der Waals surface area contributed by atoms with Crippen LogP contribution < -0.4 is 5.73 Å². The van der Waals surface area contributed by atoms with E-state index in [-0.39, 0.29) is 19.6 Å². The number of ether oxygens (including phenoxy) is 2. The molecule has 0 saturated heterocycles. The van der Waals surface area contributed by atoms with Crippen LogP contribution in [0.15, 0.2) is 42.5 Å². The van der Waals surface area contributed by atoms with Gasteiger partial charge in [0, 0.05) is 11.1 Å². The number of benzene rings is 2. The van der Waals surface area contributed by atoms with Gasteiger partial charge in [-0.05, 0) is 62.6 Å². The number of carboxylic acid groups (broad SMARTS) is 1. The molecule has 2 aromatic carbocycles. The first-order valence-electron chi connectivity index (χ1n) is 11.6. The van der Waals surface area contributed by atoms with E-state index in [1.807, 2.05) is 0 Å². The van der Waals surface area contributed by atoms with Crippen LogP contribution >= 0.6 is 0 Å². The molecule has 2 aromatic rings. The summed E-state index contributed by atoms with van der Waals surface area (Å²) in [7, 11) is 0. The molecule has 0 aliphatic rings. The Labute approximate surface area is 216 Å². The van der Waals surface area contributed by atoms with E-state index in [1.54, 1.807) is 70.2 Å². The summed E-state index contributed by atoms with van der Waals surface area (Å²) in [4.78, 5) is 35.9. The van der Waals surface area contributed by atoms with Gasteiger partial charge in [0.05, 0.1) is 12.3 Å². The maximum Gasteiger partial charge on any atom is 0.328 e. The molecule has 0 heterocycles. The Morgan fingerprint density at radius 3 is 2.24 bits per heavy atom. The Morgan fingerprint density at radius 2 is 1.65 bits per heavy atom. The fraction of sp³-hybridized carbons (Fsp3) is 0.345. The molecule has 8 nitrogen and oxygen atoms in total. The number of carbonyl (C=O) groups is 3. The van der Waals surface area contributed by atoms with Crippen molar-refractivity contribution in [1.82, 2.24) is 0 Å². The van der Waals surface area contributed by atoms with Crippen molar-refractivity contribution in [2.45, 2.75) is 51.7 Å². The zero-order valence-corrected chi connectivity index (χ0v) is 21.3. The molecule has 0 aliphatic heterocycles. The number of rotatable bonds is 7. The molecular weight excluding hydrogens is 474 g/mol. The van der Waals surface area contributed by atoms with Crippen LogP contribution in [-0.4, -0.2) is 46.9 Å². The van der Waals surface area contributed by atoms with Crippen LogP contribution in [-0.2, 0) is 30.3 Å². The summed E-state index contributed by atoms with van der Waals surface area (Å²) in [6.45, 7) is 6.31. The Balaban J connectivity index is 2.04. The lowest BCUT2D eigenvalue weighted by Crippen LogP contribution is -2.31. The average molecular weight is 506 g/mol. The van der Waals surface area contributed by atoms with Crippen molar-refractivity contribution in [3.05, 3.63) is 70.3 Å². The first-order chi connectivity index (χ1) is 17.4. The lowest BCUT2D eigenvalue weighted by atomic mass is 9.96. The van der Waals surface area contributed by atoms with E-state index in [0.717, 1.165) is 0 Å². The molecule has 37 heavy (non-hydrogen) atoms. The number of nitrogens with two attached hydrogens (primary N) is 1. The molecule has 0 aromatic heterocycles. The minimum Gasteiger partial charge on any atom is -0.481 e. The Hall–Kier alpha value is -4.11. The van der Waals surface area contributed by atoms with Gasteiger partial charge < -0.3 is 25.4 Å². The van der Waals surface area contributed by atoms with Gasteiger partial charge in [-0.2, -0.15) is 0 Å². The largest absolute Gasteiger partial charge is 0.481 e. The highest BCUT2D eigenvalue weighted by Crippen LogP contribution is 2.20. The second kappa shape index (κ2) is 13.3. The van der Waals surface area contributed by atoms with Crippen LogP contribution in [0.4, 0.5) is 0 Å². The molecule has 194 valence electrons. The Bertz CT molecular complexity index is 1270. The van der Waals surface area contributed by atoms with E-state index in [9.17, 15) is 19.5 Å². The third-order valence-electron chi connectivity index (χ3n) is 4.99. The van der Waals surface area contributed by atoms with Crippen molar-refractivity contribution in [2.75, 3.05) is 13.2 Å². The van der Waals surface area contributed by atoms with Crippen molar-refractivity contribution < 1.29 is 34.1 Å². The van der Waals surface area contributed by atoms with Gasteiger partial charge in [0.25, 0.3) is 0 Å². The SMILES string of the molecule is CC(C(=O)O)c1cc(C#CCO)cc(C#CCOC(=O)Cc2cccc(C(N)C(=O)OC(C)(C)C)c2)c1. The van der Waals surface area contributed by atoms with Gasteiger partial charge in [-0.15, -0.1) is 0 Å². The molecular formula is C29H31NO7. The monoisotopic (exact) mass is 505 g/mol. The number of hydrogen-bond donors (Lipinski definition) is 3. The molecule has 2 rings (SSSR count). The molecule has 2 atom stereocenters. The van der Waals surface area contributed by atoms with Crippen molar-refractivity contribution >= 4 is 17.9 Å². The number of carbonyl (C=O) groups excluding carboxylic acids is 2. The molecule has 0 fully saturated rings. The minimum absolute atomic E-state index is 0.0386. The normalized spacial score (nSPS) is 12.2. The lowest BCUT2D eigenvalue weighted by Gasteiger charge is -2.22. The molecule has 0 amide bonds. The number of aliphatic hydroxyl groups is 1. The first-order valence-corrected chi connectivity index (χ1v) is 11.6. The number of carboxylic acids is 1. The summed E-state index contributed by atoms with van der Waals surface area (Å²) in [6, 6.07) is 10.7. The third-order valence-corrected chi connectivity index (χ3v) is 4.99. The fourth-order valence-corrected chi connectivity index (χ4v) is 3.20. The molecule has 0 bridgehead atoms. The standard InChI is InChI=1S/C29H31NO7/c1-19(27(33)34)24-16-20(9-6-12-31)14-21(17-24)10-7-13-36-25(32)18-22-8-5-11-23(15-22)26(30)28(35)37-29(2,3)4/h5,8,11,14-17,19,26,31H,12-13,18,30H2,1-4H3,(H,33,34). The van der Waals surface area contributed by atoms with Crippen LogP contribution in [0.1, 0.15) is 67.5 Å². The van der Waals surface area contributed by atoms with Gasteiger partial charge in [0.2, 0.25) is 0 Å². The van der Waals surface area contributed by atoms with Gasteiger partial charge in [-0.25, -0.2) is 4.79 Å².